The van der Waals surface area contributed by atoms with Crippen LogP contribution in [0.5, 0.6) is 0 Å². The summed E-state index contributed by atoms with van der Waals surface area (Å²) in [6.45, 7) is 12.0. The molecule has 1 unspecified atom stereocenters. The van der Waals surface area contributed by atoms with Crippen molar-refractivity contribution in [2.75, 3.05) is 38.2 Å². The number of benzene rings is 1. The molecule has 0 saturated carbocycles. The first-order chi connectivity index (χ1) is 18.2. The van der Waals surface area contributed by atoms with E-state index >= 15 is 0 Å². The topological polar surface area (TPSA) is 83.9 Å². The van der Waals surface area contributed by atoms with Gasteiger partial charge in [-0.3, -0.25) is 9.69 Å². The monoisotopic (exact) mass is 521 g/mol. The Bertz CT molecular complexity index is 1160. The van der Waals surface area contributed by atoms with Gasteiger partial charge in [0.25, 0.3) is 0 Å². The van der Waals surface area contributed by atoms with Gasteiger partial charge in [-0.05, 0) is 74.3 Å². The maximum Gasteiger partial charge on any atom is 0.325 e. The minimum absolute atomic E-state index is 0.0884. The van der Waals surface area contributed by atoms with Crippen molar-refractivity contribution in [1.82, 2.24) is 9.88 Å². The molecule has 7 heteroatoms. The Morgan fingerprint density at radius 3 is 2.79 bits per heavy atom. The lowest BCUT2D eigenvalue weighted by atomic mass is 9.72. The highest BCUT2D eigenvalue weighted by Gasteiger charge is 2.45. The van der Waals surface area contributed by atoms with Crippen molar-refractivity contribution in [3.63, 3.8) is 0 Å². The zero-order chi connectivity index (χ0) is 26.9. The van der Waals surface area contributed by atoms with E-state index < -0.39 is 17.6 Å². The number of nitrogens with one attached hydrogen (secondary N) is 1. The number of aryl methyl sites for hydroxylation is 2. The van der Waals surface area contributed by atoms with Gasteiger partial charge in [0.15, 0.2) is 0 Å². The third kappa shape index (κ3) is 5.61. The van der Waals surface area contributed by atoms with E-state index in [9.17, 15) is 9.90 Å². The predicted octanol–water partition coefficient (Wildman–Crippen LogP) is 5.22. The van der Waals surface area contributed by atoms with E-state index in [4.69, 9.17) is 14.5 Å². The molecule has 2 N–H and O–H groups in total. The van der Waals surface area contributed by atoms with Crippen LogP contribution in [0.15, 0.2) is 30.3 Å². The van der Waals surface area contributed by atoms with E-state index in [0.29, 0.717) is 26.3 Å². The number of anilines is 1. The predicted molar refractivity (Wildman–Crippen MR) is 149 cm³/mol. The standard InChI is InChI=1S/C31H43N3O4/c1-30(2)20-38-31(3,4)26-24(12-8-13-25(26)30)27(29(35)36)34-18-23(19-34)37-17-7-5-6-11-22-15-14-21-10-9-16-32-28(21)33-22/h8,12-15,23,27H,5-7,9-11,16-20H2,1-4H3,(H,32,33)(H,35,36). The number of aromatic nitrogens is 1. The van der Waals surface area contributed by atoms with Crippen molar-refractivity contribution in [3.05, 3.63) is 58.3 Å². The summed E-state index contributed by atoms with van der Waals surface area (Å²) >= 11 is 0. The molecule has 206 valence electrons. The van der Waals surface area contributed by atoms with Gasteiger partial charge >= 0.3 is 5.97 Å². The van der Waals surface area contributed by atoms with E-state index in [1.54, 1.807) is 0 Å². The molecule has 0 aliphatic carbocycles. The first kappa shape index (κ1) is 27.1. The number of likely N-dealkylation sites (tertiary alicyclic amines) is 1. The molecule has 3 aliphatic rings. The van der Waals surface area contributed by atoms with Gasteiger partial charge in [0.2, 0.25) is 0 Å². The van der Waals surface area contributed by atoms with E-state index in [2.05, 4.69) is 37.4 Å². The van der Waals surface area contributed by atoms with Crippen LogP contribution in [0.1, 0.15) is 87.4 Å². The maximum absolute atomic E-state index is 12.5. The highest BCUT2D eigenvalue weighted by molar-refractivity contribution is 5.77. The van der Waals surface area contributed by atoms with Gasteiger partial charge in [-0.25, -0.2) is 4.98 Å². The second-order valence-electron chi connectivity index (χ2n) is 12.3. The third-order valence-corrected chi connectivity index (χ3v) is 8.37. The molecule has 5 rings (SSSR count). The number of carboxylic acid groups (broad SMARTS) is 1. The summed E-state index contributed by atoms with van der Waals surface area (Å²) in [6.07, 6.45) is 6.59. The smallest absolute Gasteiger partial charge is 0.325 e. The second-order valence-corrected chi connectivity index (χ2v) is 12.3. The van der Waals surface area contributed by atoms with Crippen molar-refractivity contribution in [2.24, 2.45) is 0 Å². The fourth-order valence-electron chi connectivity index (χ4n) is 6.16. The number of carbonyl (C=O) groups is 1. The number of ether oxygens (including phenoxy) is 2. The number of unbranched alkanes of at least 4 members (excludes halogenated alkanes) is 2. The summed E-state index contributed by atoms with van der Waals surface area (Å²) < 4.78 is 12.3. The molecule has 1 atom stereocenters. The number of hydrogen-bond acceptors (Lipinski definition) is 6. The number of fused-ring (bicyclic) bond motifs is 2. The summed E-state index contributed by atoms with van der Waals surface area (Å²) in [7, 11) is 0. The summed E-state index contributed by atoms with van der Waals surface area (Å²) in [5, 5.41) is 13.7. The molecule has 1 aromatic carbocycles. The number of aliphatic carboxylic acids is 1. The van der Waals surface area contributed by atoms with Crippen LogP contribution in [0.25, 0.3) is 0 Å². The summed E-state index contributed by atoms with van der Waals surface area (Å²) in [5.41, 5.74) is 4.87. The van der Waals surface area contributed by atoms with Crippen LogP contribution in [0.4, 0.5) is 5.82 Å². The molecular formula is C31H43N3O4. The first-order valence-electron chi connectivity index (χ1n) is 14.2. The van der Waals surface area contributed by atoms with Gasteiger partial charge in [-0.1, -0.05) is 44.5 Å². The van der Waals surface area contributed by atoms with Crippen LogP contribution in [-0.4, -0.2) is 59.9 Å². The Hall–Kier alpha value is -2.48. The van der Waals surface area contributed by atoms with E-state index in [-0.39, 0.29) is 11.5 Å². The van der Waals surface area contributed by atoms with E-state index in [0.717, 1.165) is 61.3 Å². The van der Waals surface area contributed by atoms with Gasteiger partial charge in [-0.2, -0.15) is 0 Å². The van der Waals surface area contributed by atoms with Crippen LogP contribution in [0.3, 0.4) is 0 Å². The largest absolute Gasteiger partial charge is 0.480 e. The number of hydrogen-bond donors (Lipinski definition) is 2. The Labute approximate surface area is 226 Å². The van der Waals surface area contributed by atoms with E-state index in [1.165, 1.54) is 17.5 Å². The summed E-state index contributed by atoms with van der Waals surface area (Å²) in [4.78, 5) is 19.3. The first-order valence-corrected chi connectivity index (χ1v) is 14.2. The van der Waals surface area contributed by atoms with Crippen LogP contribution in [0, 0.1) is 0 Å². The Morgan fingerprint density at radius 1 is 1.18 bits per heavy atom. The molecular weight excluding hydrogens is 478 g/mol. The lowest BCUT2D eigenvalue weighted by molar-refractivity contribution is -0.151. The molecule has 3 aliphatic heterocycles. The second kappa shape index (κ2) is 10.9. The lowest BCUT2D eigenvalue weighted by Gasteiger charge is -2.46. The minimum atomic E-state index is -0.818. The van der Waals surface area contributed by atoms with Gasteiger partial charge in [0, 0.05) is 37.4 Å². The van der Waals surface area contributed by atoms with Crippen molar-refractivity contribution in [3.8, 4) is 0 Å². The molecule has 1 fully saturated rings. The van der Waals surface area contributed by atoms with E-state index in [1.807, 2.05) is 30.9 Å². The summed E-state index contributed by atoms with van der Waals surface area (Å²) in [6, 6.07) is 9.79. The highest BCUT2D eigenvalue weighted by atomic mass is 16.5. The summed E-state index contributed by atoms with van der Waals surface area (Å²) in [5.74, 6) is 0.254. The molecule has 7 nitrogen and oxygen atoms in total. The molecule has 2 aromatic rings. The molecule has 4 heterocycles. The zero-order valence-corrected chi connectivity index (χ0v) is 23.4. The average Bonchev–Trinajstić information content (AvgIpc) is 2.86. The number of pyridine rings is 1. The van der Waals surface area contributed by atoms with Crippen LogP contribution < -0.4 is 5.32 Å². The quantitative estimate of drug-likeness (QED) is 0.415. The van der Waals surface area contributed by atoms with Crippen LogP contribution in [0.2, 0.25) is 0 Å². The van der Waals surface area contributed by atoms with Gasteiger partial charge in [-0.15, -0.1) is 0 Å². The SMILES string of the molecule is CC1(C)COC(C)(C)c2c(C(C(=O)O)N3CC(OCCCCCc4ccc5c(n4)NCCC5)C3)cccc21. The zero-order valence-electron chi connectivity index (χ0n) is 23.4. The van der Waals surface area contributed by atoms with Crippen LogP contribution >= 0.6 is 0 Å². The van der Waals surface area contributed by atoms with Gasteiger partial charge < -0.3 is 19.9 Å². The van der Waals surface area contributed by atoms with Crippen molar-refractivity contribution in [1.29, 1.82) is 0 Å². The Kier molecular flexibility index (Phi) is 7.81. The van der Waals surface area contributed by atoms with Crippen LogP contribution in [-0.2, 0) is 38.1 Å². The molecule has 0 spiro atoms. The van der Waals surface area contributed by atoms with Crippen molar-refractivity contribution in [2.45, 2.75) is 89.4 Å². The van der Waals surface area contributed by atoms with Crippen molar-refractivity contribution < 1.29 is 19.4 Å². The molecule has 1 aromatic heterocycles. The maximum atomic E-state index is 12.5. The average molecular weight is 522 g/mol. The number of rotatable bonds is 10. The molecule has 0 bridgehead atoms. The fourth-order valence-corrected chi connectivity index (χ4v) is 6.16. The highest BCUT2D eigenvalue weighted by Crippen LogP contribution is 2.45. The minimum Gasteiger partial charge on any atom is -0.480 e. The van der Waals surface area contributed by atoms with Gasteiger partial charge in [0.1, 0.15) is 11.9 Å². The molecule has 1 saturated heterocycles. The lowest BCUT2D eigenvalue weighted by Crippen LogP contribution is -2.55. The Balaban J connectivity index is 1.10. The number of nitrogens with zero attached hydrogens (tertiary/aromatic N) is 2. The van der Waals surface area contributed by atoms with Crippen molar-refractivity contribution >= 4 is 11.8 Å². The fraction of sp³-hybridized carbons (Fsp3) is 0.613. The Morgan fingerprint density at radius 2 is 2.00 bits per heavy atom. The molecule has 0 amide bonds. The molecule has 38 heavy (non-hydrogen) atoms. The molecule has 0 radical (unpaired) electrons. The number of carboxylic acids is 1. The third-order valence-electron chi connectivity index (χ3n) is 8.37. The normalized spacial score (nSPS) is 21.1. The van der Waals surface area contributed by atoms with Gasteiger partial charge in [0.05, 0.1) is 18.3 Å².